The van der Waals surface area contributed by atoms with Gasteiger partial charge in [-0.3, -0.25) is 19.2 Å². The molecule has 5 heterocycles. The first-order valence-electron chi connectivity index (χ1n) is 14.3. The number of imidazole rings is 1. The van der Waals surface area contributed by atoms with Gasteiger partial charge in [-0.1, -0.05) is 12.1 Å². The average molecular weight is 630 g/mol. The van der Waals surface area contributed by atoms with Crippen LogP contribution in [0.4, 0.5) is 10.1 Å². The molecule has 3 aliphatic rings. The first-order valence-corrected chi connectivity index (χ1v) is 14.3. The summed E-state index contributed by atoms with van der Waals surface area (Å²) in [6, 6.07) is 13.4. The lowest BCUT2D eigenvalue weighted by Gasteiger charge is -2.36. The van der Waals surface area contributed by atoms with E-state index in [2.05, 4.69) is 25.8 Å². The van der Waals surface area contributed by atoms with Gasteiger partial charge in [-0.15, -0.1) is 24.8 Å². The number of piperazine rings is 1. The van der Waals surface area contributed by atoms with Crippen molar-refractivity contribution in [3.63, 3.8) is 0 Å². The van der Waals surface area contributed by atoms with Gasteiger partial charge >= 0.3 is 0 Å². The Kier molecular flexibility index (Phi) is 9.41. The second-order valence-electron chi connectivity index (χ2n) is 10.9. The minimum atomic E-state index is -0.250. The molecule has 0 spiro atoms. The highest BCUT2D eigenvalue weighted by Crippen LogP contribution is 2.35. The van der Waals surface area contributed by atoms with Crippen LogP contribution in [-0.4, -0.2) is 89.3 Å². The lowest BCUT2D eigenvalue weighted by atomic mass is 10.1. The molecular formula is C31H35Cl2FN6O3. The van der Waals surface area contributed by atoms with Crippen molar-refractivity contribution >= 4 is 47.3 Å². The summed E-state index contributed by atoms with van der Waals surface area (Å²) in [5, 5.41) is 0.993. The van der Waals surface area contributed by atoms with E-state index >= 15 is 0 Å². The number of anilines is 1. The summed E-state index contributed by atoms with van der Waals surface area (Å²) in [5.41, 5.74) is 5.81. The molecular weight excluding hydrogens is 594 g/mol. The molecule has 0 saturated carbocycles. The third-order valence-electron chi connectivity index (χ3n) is 8.36. The molecule has 0 atom stereocenters. The van der Waals surface area contributed by atoms with Gasteiger partial charge in [-0.05, 0) is 43.2 Å². The first kappa shape index (κ1) is 31.0. The lowest BCUT2D eigenvalue weighted by molar-refractivity contribution is 0.0297. The Balaban J connectivity index is 0.00000184. The summed E-state index contributed by atoms with van der Waals surface area (Å²) in [6.07, 6.45) is 2.58. The molecule has 12 heteroatoms. The maximum Gasteiger partial charge on any atom is 0.274 e. The highest BCUT2D eigenvalue weighted by atomic mass is 35.5. The van der Waals surface area contributed by atoms with Crippen LogP contribution in [0.15, 0.2) is 48.8 Å². The van der Waals surface area contributed by atoms with E-state index in [1.807, 2.05) is 35.8 Å². The molecule has 2 saturated heterocycles. The highest BCUT2D eigenvalue weighted by molar-refractivity contribution is 5.94. The SMILES string of the molecule is Cc1ccc2c(N3CCN(CCc4cccc5c4OCc4c(C(=O)N6CCOCC6)ncn4-5)CC3)cc(F)cc2n1.Cl.Cl. The number of para-hydroxylation sites is 1. The van der Waals surface area contributed by atoms with Crippen LogP contribution in [0.3, 0.4) is 0 Å². The van der Waals surface area contributed by atoms with Crippen LogP contribution in [0, 0.1) is 12.7 Å². The maximum absolute atomic E-state index is 14.4. The number of carbonyl (C=O) groups excluding carboxylic acids is 1. The number of aryl methyl sites for hydroxylation is 1. The molecule has 4 aromatic rings. The molecule has 0 aliphatic carbocycles. The minimum Gasteiger partial charge on any atom is -0.485 e. The van der Waals surface area contributed by atoms with Crippen molar-refractivity contribution < 1.29 is 18.7 Å². The molecule has 7 rings (SSSR count). The van der Waals surface area contributed by atoms with E-state index in [1.165, 1.54) is 6.07 Å². The zero-order chi connectivity index (χ0) is 27.9. The number of fused-ring (bicyclic) bond motifs is 4. The number of nitrogens with zero attached hydrogens (tertiary/aromatic N) is 6. The minimum absolute atomic E-state index is 0. The number of hydrogen-bond donors (Lipinski definition) is 0. The lowest BCUT2D eigenvalue weighted by Crippen LogP contribution is -2.47. The van der Waals surface area contributed by atoms with Crippen LogP contribution < -0.4 is 9.64 Å². The van der Waals surface area contributed by atoms with Crippen LogP contribution >= 0.6 is 24.8 Å². The Bertz CT molecular complexity index is 1610. The number of hydrogen-bond acceptors (Lipinski definition) is 7. The number of pyridine rings is 1. The van der Waals surface area contributed by atoms with Crippen molar-refractivity contribution in [2.24, 2.45) is 0 Å². The van der Waals surface area contributed by atoms with Gasteiger partial charge in [0.05, 0.1) is 30.1 Å². The van der Waals surface area contributed by atoms with Gasteiger partial charge in [-0.2, -0.15) is 0 Å². The Labute approximate surface area is 262 Å². The highest BCUT2D eigenvalue weighted by Gasteiger charge is 2.29. The molecule has 2 fully saturated rings. The van der Waals surface area contributed by atoms with E-state index in [1.54, 1.807) is 17.3 Å². The molecule has 0 bridgehead atoms. The molecule has 0 radical (unpaired) electrons. The fraction of sp³-hybridized carbons (Fsp3) is 0.387. The monoisotopic (exact) mass is 628 g/mol. The standard InChI is InChI=1S/C31H33FN6O3.2ClH/c1-21-5-6-24-25(34-21)17-23(32)18-27(24)36-11-9-35(10-12-36)8-7-22-3-2-4-26-30(22)41-19-28-29(33-20-38(26)28)31(39)37-13-15-40-16-14-37;;/h2-6,17-18,20H,7-16,19H2,1H3;2*1H. The molecule has 2 aromatic carbocycles. The van der Waals surface area contributed by atoms with E-state index in [-0.39, 0.29) is 36.5 Å². The van der Waals surface area contributed by atoms with Crippen LogP contribution in [0.25, 0.3) is 16.6 Å². The second kappa shape index (κ2) is 13.1. The molecule has 0 unspecified atom stereocenters. The molecule has 3 aliphatic heterocycles. The van der Waals surface area contributed by atoms with Crippen molar-refractivity contribution in [2.75, 3.05) is 63.9 Å². The van der Waals surface area contributed by atoms with Crippen molar-refractivity contribution in [1.82, 2.24) is 24.3 Å². The Morgan fingerprint density at radius 3 is 2.56 bits per heavy atom. The third-order valence-corrected chi connectivity index (χ3v) is 8.36. The molecule has 1 amide bonds. The smallest absolute Gasteiger partial charge is 0.274 e. The normalized spacial score (nSPS) is 16.5. The molecule has 0 N–H and O–H groups in total. The zero-order valence-corrected chi connectivity index (χ0v) is 25.6. The van der Waals surface area contributed by atoms with Gasteiger partial charge in [0.2, 0.25) is 0 Å². The number of aromatic nitrogens is 3. The number of morpholine rings is 1. The van der Waals surface area contributed by atoms with Crippen molar-refractivity contribution in [1.29, 1.82) is 0 Å². The largest absolute Gasteiger partial charge is 0.485 e. The fourth-order valence-corrected chi connectivity index (χ4v) is 6.12. The summed E-state index contributed by atoms with van der Waals surface area (Å²) in [5.74, 6) is 0.540. The second-order valence-corrected chi connectivity index (χ2v) is 10.9. The predicted molar refractivity (Wildman–Crippen MR) is 168 cm³/mol. The van der Waals surface area contributed by atoms with E-state index < -0.39 is 0 Å². The maximum atomic E-state index is 14.4. The van der Waals surface area contributed by atoms with Gasteiger partial charge in [0.1, 0.15) is 24.5 Å². The van der Waals surface area contributed by atoms with Gasteiger partial charge in [0.25, 0.3) is 5.91 Å². The van der Waals surface area contributed by atoms with Gasteiger partial charge in [0.15, 0.2) is 5.69 Å². The van der Waals surface area contributed by atoms with E-state index in [9.17, 15) is 9.18 Å². The Morgan fingerprint density at radius 1 is 0.977 bits per heavy atom. The average Bonchev–Trinajstić information content (AvgIpc) is 3.44. The number of rotatable bonds is 5. The molecule has 228 valence electrons. The van der Waals surface area contributed by atoms with Gasteiger partial charge in [-0.25, -0.2) is 9.37 Å². The Hall–Kier alpha value is -3.44. The summed E-state index contributed by atoms with van der Waals surface area (Å²) in [6.45, 7) is 8.85. The first-order chi connectivity index (χ1) is 20.0. The molecule has 43 heavy (non-hydrogen) atoms. The van der Waals surface area contributed by atoms with Crippen LogP contribution in [-0.2, 0) is 17.8 Å². The number of amides is 1. The summed E-state index contributed by atoms with van der Waals surface area (Å²) in [7, 11) is 0. The van der Waals surface area contributed by atoms with Gasteiger partial charge in [0, 0.05) is 68.6 Å². The molecule has 2 aromatic heterocycles. The quantitative estimate of drug-likeness (QED) is 0.323. The topological polar surface area (TPSA) is 76.0 Å². The van der Waals surface area contributed by atoms with Crippen molar-refractivity contribution in [2.45, 2.75) is 20.0 Å². The van der Waals surface area contributed by atoms with Crippen LogP contribution in [0.5, 0.6) is 5.75 Å². The zero-order valence-electron chi connectivity index (χ0n) is 24.0. The number of carbonyl (C=O) groups is 1. The van der Waals surface area contributed by atoms with Crippen LogP contribution in [0.1, 0.15) is 27.4 Å². The number of halogens is 3. The summed E-state index contributed by atoms with van der Waals surface area (Å²) < 4.78 is 28.1. The number of benzene rings is 2. The fourth-order valence-electron chi connectivity index (χ4n) is 6.12. The third kappa shape index (κ3) is 6.02. The van der Waals surface area contributed by atoms with Gasteiger partial charge < -0.3 is 19.3 Å². The van der Waals surface area contributed by atoms with Crippen LogP contribution in [0.2, 0.25) is 0 Å². The number of ether oxygens (including phenoxy) is 2. The molecule has 9 nitrogen and oxygen atoms in total. The van der Waals surface area contributed by atoms with Crippen molar-refractivity contribution in [3.05, 3.63) is 77.3 Å². The Morgan fingerprint density at radius 2 is 1.77 bits per heavy atom. The summed E-state index contributed by atoms with van der Waals surface area (Å²) in [4.78, 5) is 28.6. The predicted octanol–water partition coefficient (Wildman–Crippen LogP) is 4.44. The summed E-state index contributed by atoms with van der Waals surface area (Å²) >= 11 is 0. The van der Waals surface area contributed by atoms with E-state index in [4.69, 9.17) is 9.47 Å². The van der Waals surface area contributed by atoms with E-state index in [0.717, 1.165) is 78.6 Å². The van der Waals surface area contributed by atoms with E-state index in [0.29, 0.717) is 44.1 Å². The van der Waals surface area contributed by atoms with Crippen molar-refractivity contribution in [3.8, 4) is 11.4 Å².